The molecular weight excluding hydrogens is 292 g/mol. The number of aromatic nitrogens is 1. The van der Waals surface area contributed by atoms with Gasteiger partial charge in [0.15, 0.2) is 5.58 Å². The number of carbonyl (C=O) groups is 1. The summed E-state index contributed by atoms with van der Waals surface area (Å²) in [6, 6.07) is 6.18. The Morgan fingerprint density at radius 3 is 2.91 bits per heavy atom. The minimum atomic E-state index is 0.141. The molecule has 1 aromatic carbocycles. The van der Waals surface area contributed by atoms with Gasteiger partial charge < -0.3 is 20.0 Å². The minimum Gasteiger partial charge on any atom is -0.423 e. The van der Waals surface area contributed by atoms with Crippen LogP contribution in [0.1, 0.15) is 19.3 Å². The zero-order valence-corrected chi connectivity index (χ0v) is 13.6. The van der Waals surface area contributed by atoms with Gasteiger partial charge in [-0.1, -0.05) is 0 Å². The van der Waals surface area contributed by atoms with Crippen LogP contribution in [0.15, 0.2) is 22.6 Å². The lowest BCUT2D eigenvalue weighted by atomic mass is 9.92. The van der Waals surface area contributed by atoms with E-state index in [9.17, 15) is 4.79 Å². The van der Waals surface area contributed by atoms with Crippen LogP contribution in [-0.2, 0) is 4.79 Å². The monoisotopic (exact) mass is 314 g/mol. The Hall–Kier alpha value is -2.08. The standard InChI is InChI=1S/C17H22N4O2/c1-21(2)16-20-13-9-11(3-4-14(13)23-16)19-15(22)12-10-17(12)5-7-18-8-6-17/h3-4,9,12,18H,5-8,10H2,1-2H3,(H,19,22). The van der Waals surface area contributed by atoms with Crippen molar-refractivity contribution in [1.29, 1.82) is 0 Å². The van der Waals surface area contributed by atoms with E-state index in [1.807, 2.05) is 37.2 Å². The highest BCUT2D eigenvalue weighted by molar-refractivity contribution is 5.96. The van der Waals surface area contributed by atoms with E-state index in [1.165, 1.54) is 0 Å². The number of fused-ring (bicyclic) bond motifs is 1. The van der Waals surface area contributed by atoms with E-state index in [2.05, 4.69) is 15.6 Å². The third-order valence-electron chi connectivity index (χ3n) is 5.13. The van der Waals surface area contributed by atoms with Gasteiger partial charge in [0.05, 0.1) is 0 Å². The summed E-state index contributed by atoms with van der Waals surface area (Å²) in [6.07, 6.45) is 3.25. The second-order valence-corrected chi connectivity index (χ2v) is 6.93. The van der Waals surface area contributed by atoms with E-state index < -0.39 is 0 Å². The van der Waals surface area contributed by atoms with Gasteiger partial charge in [0, 0.05) is 25.7 Å². The van der Waals surface area contributed by atoms with Crippen molar-refractivity contribution in [2.75, 3.05) is 37.4 Å². The third-order valence-corrected chi connectivity index (χ3v) is 5.13. The van der Waals surface area contributed by atoms with Gasteiger partial charge in [0.2, 0.25) is 5.91 Å². The van der Waals surface area contributed by atoms with Crippen LogP contribution in [0.4, 0.5) is 11.7 Å². The van der Waals surface area contributed by atoms with Gasteiger partial charge in [-0.15, -0.1) is 0 Å². The lowest BCUT2D eigenvalue weighted by Gasteiger charge is -2.23. The normalized spacial score (nSPS) is 22.3. The highest BCUT2D eigenvalue weighted by atomic mass is 16.4. The van der Waals surface area contributed by atoms with Crippen molar-refractivity contribution in [3.8, 4) is 0 Å². The van der Waals surface area contributed by atoms with Crippen molar-refractivity contribution >= 4 is 28.7 Å². The van der Waals surface area contributed by atoms with Crippen molar-refractivity contribution in [2.45, 2.75) is 19.3 Å². The van der Waals surface area contributed by atoms with Gasteiger partial charge in [-0.25, -0.2) is 0 Å². The van der Waals surface area contributed by atoms with Crippen LogP contribution in [0.3, 0.4) is 0 Å². The van der Waals surface area contributed by atoms with Gasteiger partial charge in [-0.2, -0.15) is 4.98 Å². The molecule has 1 saturated heterocycles. The fourth-order valence-corrected chi connectivity index (χ4v) is 3.61. The zero-order chi connectivity index (χ0) is 16.0. The van der Waals surface area contributed by atoms with Crippen LogP contribution in [0.5, 0.6) is 0 Å². The summed E-state index contributed by atoms with van der Waals surface area (Å²) in [5.41, 5.74) is 2.54. The molecule has 6 nitrogen and oxygen atoms in total. The molecule has 2 aromatic rings. The number of nitrogens with zero attached hydrogens (tertiary/aromatic N) is 2. The maximum atomic E-state index is 12.5. The SMILES string of the molecule is CN(C)c1nc2cc(NC(=O)C3CC34CCNCC4)ccc2o1. The second-order valence-electron chi connectivity index (χ2n) is 6.93. The molecule has 2 N–H and O–H groups in total. The zero-order valence-electron chi connectivity index (χ0n) is 13.6. The minimum absolute atomic E-state index is 0.141. The molecule has 1 aromatic heterocycles. The van der Waals surface area contributed by atoms with E-state index >= 15 is 0 Å². The molecule has 1 amide bonds. The molecule has 1 aliphatic heterocycles. The van der Waals surface area contributed by atoms with Crippen LogP contribution in [0.2, 0.25) is 0 Å². The summed E-state index contributed by atoms with van der Waals surface area (Å²) in [5.74, 6) is 0.303. The molecule has 23 heavy (non-hydrogen) atoms. The molecule has 0 bridgehead atoms. The third kappa shape index (κ3) is 2.57. The number of amides is 1. The largest absolute Gasteiger partial charge is 0.423 e. The highest BCUT2D eigenvalue weighted by Crippen LogP contribution is 2.58. The highest BCUT2D eigenvalue weighted by Gasteiger charge is 2.57. The summed E-state index contributed by atoms with van der Waals surface area (Å²) in [4.78, 5) is 18.8. The summed E-state index contributed by atoms with van der Waals surface area (Å²) in [6.45, 7) is 2.06. The Morgan fingerprint density at radius 1 is 1.39 bits per heavy atom. The lowest BCUT2D eigenvalue weighted by molar-refractivity contribution is -0.118. The van der Waals surface area contributed by atoms with Gasteiger partial charge in [-0.05, 0) is 56.0 Å². The predicted molar refractivity (Wildman–Crippen MR) is 89.6 cm³/mol. The molecule has 1 saturated carbocycles. The number of hydrogen-bond acceptors (Lipinski definition) is 5. The van der Waals surface area contributed by atoms with E-state index in [1.54, 1.807) is 0 Å². The van der Waals surface area contributed by atoms with Gasteiger partial charge >= 0.3 is 0 Å². The number of hydrogen-bond donors (Lipinski definition) is 2. The second kappa shape index (κ2) is 5.23. The van der Waals surface area contributed by atoms with Crippen molar-refractivity contribution in [2.24, 2.45) is 11.3 Å². The van der Waals surface area contributed by atoms with E-state index in [0.29, 0.717) is 6.01 Å². The lowest BCUT2D eigenvalue weighted by Crippen LogP contribution is -2.31. The molecule has 4 rings (SSSR count). The molecule has 0 radical (unpaired) electrons. The Labute approximate surface area is 135 Å². The number of oxazole rings is 1. The molecule has 1 aliphatic carbocycles. The molecule has 2 fully saturated rings. The van der Waals surface area contributed by atoms with Crippen LogP contribution in [0.25, 0.3) is 11.1 Å². The van der Waals surface area contributed by atoms with E-state index in [4.69, 9.17) is 4.42 Å². The molecular formula is C17H22N4O2. The first kappa shape index (κ1) is 14.5. The van der Waals surface area contributed by atoms with Crippen molar-refractivity contribution in [3.05, 3.63) is 18.2 Å². The number of carbonyl (C=O) groups excluding carboxylic acids is 1. The fourth-order valence-electron chi connectivity index (χ4n) is 3.61. The molecule has 6 heteroatoms. The molecule has 2 aliphatic rings. The Morgan fingerprint density at radius 2 is 2.17 bits per heavy atom. The van der Waals surface area contributed by atoms with Gasteiger partial charge in [0.1, 0.15) is 5.52 Å². The molecule has 1 atom stereocenters. The average molecular weight is 314 g/mol. The first-order chi connectivity index (χ1) is 11.1. The summed E-state index contributed by atoms with van der Waals surface area (Å²) >= 11 is 0. The summed E-state index contributed by atoms with van der Waals surface area (Å²) in [5, 5.41) is 6.42. The maximum Gasteiger partial charge on any atom is 0.297 e. The summed E-state index contributed by atoms with van der Waals surface area (Å²) in [7, 11) is 3.78. The van der Waals surface area contributed by atoms with Crippen LogP contribution >= 0.6 is 0 Å². The number of rotatable bonds is 3. The molecule has 1 spiro atoms. The number of piperidine rings is 1. The Bertz CT molecular complexity index is 746. The first-order valence-electron chi connectivity index (χ1n) is 8.17. The molecule has 1 unspecified atom stereocenters. The predicted octanol–water partition coefficient (Wildman–Crippen LogP) is 2.22. The fraction of sp³-hybridized carbons (Fsp3) is 0.529. The van der Waals surface area contributed by atoms with E-state index in [-0.39, 0.29) is 17.2 Å². The van der Waals surface area contributed by atoms with Crippen LogP contribution in [0, 0.1) is 11.3 Å². The number of benzene rings is 1. The van der Waals surface area contributed by atoms with Crippen molar-refractivity contribution in [3.63, 3.8) is 0 Å². The van der Waals surface area contributed by atoms with Crippen LogP contribution in [-0.4, -0.2) is 38.1 Å². The molecule has 122 valence electrons. The number of nitrogens with one attached hydrogen (secondary N) is 2. The van der Waals surface area contributed by atoms with Crippen LogP contribution < -0.4 is 15.5 Å². The van der Waals surface area contributed by atoms with Crippen molar-refractivity contribution in [1.82, 2.24) is 10.3 Å². The average Bonchev–Trinajstić information content (AvgIpc) is 3.05. The summed E-state index contributed by atoms with van der Waals surface area (Å²) < 4.78 is 5.63. The molecule has 2 heterocycles. The maximum absolute atomic E-state index is 12.5. The Balaban J connectivity index is 1.48. The topological polar surface area (TPSA) is 70.4 Å². The van der Waals surface area contributed by atoms with Crippen molar-refractivity contribution < 1.29 is 9.21 Å². The smallest absolute Gasteiger partial charge is 0.297 e. The first-order valence-corrected chi connectivity index (χ1v) is 8.17. The Kier molecular flexibility index (Phi) is 3.30. The quantitative estimate of drug-likeness (QED) is 0.909. The number of anilines is 2. The van der Waals surface area contributed by atoms with Gasteiger partial charge in [0.25, 0.3) is 6.01 Å². The van der Waals surface area contributed by atoms with E-state index in [0.717, 1.165) is 49.1 Å². The van der Waals surface area contributed by atoms with Gasteiger partial charge in [-0.3, -0.25) is 4.79 Å².